The van der Waals surface area contributed by atoms with E-state index in [1.807, 2.05) is 25.1 Å². The lowest BCUT2D eigenvalue weighted by atomic mass is 9.98. The Balaban J connectivity index is 2.19. The van der Waals surface area contributed by atoms with Gasteiger partial charge >= 0.3 is 0 Å². The first-order valence-electron chi connectivity index (χ1n) is 6.73. The fraction of sp³-hybridized carbons (Fsp3) is 0.118. The van der Waals surface area contributed by atoms with Gasteiger partial charge in [0.1, 0.15) is 5.82 Å². The van der Waals surface area contributed by atoms with Gasteiger partial charge in [-0.15, -0.1) is 0 Å². The normalized spacial score (nSPS) is 10.8. The first kappa shape index (κ1) is 13.4. The van der Waals surface area contributed by atoms with Crippen molar-refractivity contribution in [2.75, 3.05) is 5.73 Å². The van der Waals surface area contributed by atoms with Crippen molar-refractivity contribution in [2.24, 2.45) is 0 Å². The Bertz CT molecular complexity index is 806. The van der Waals surface area contributed by atoms with Gasteiger partial charge in [0.25, 0.3) is 0 Å². The first-order valence-corrected chi connectivity index (χ1v) is 6.73. The van der Waals surface area contributed by atoms with E-state index < -0.39 is 0 Å². The summed E-state index contributed by atoms with van der Waals surface area (Å²) in [7, 11) is 0. The highest BCUT2D eigenvalue weighted by atomic mass is 19.1. The summed E-state index contributed by atoms with van der Waals surface area (Å²) in [6, 6.07) is 13.0. The zero-order chi connectivity index (χ0) is 15.0. The number of halogens is 1. The van der Waals surface area contributed by atoms with Crippen molar-refractivity contribution < 1.29 is 4.39 Å². The topological polar surface area (TPSA) is 54.7 Å². The molecule has 0 aliphatic rings. The number of aryl methyl sites for hydroxylation is 2. The van der Waals surface area contributed by atoms with Gasteiger partial charge in [-0.05, 0) is 43.2 Å². The third-order valence-electron chi connectivity index (χ3n) is 3.55. The molecule has 2 aromatic carbocycles. The molecule has 0 bridgehead atoms. The number of aromatic nitrogens is 2. The van der Waals surface area contributed by atoms with Crippen molar-refractivity contribution in [1.29, 1.82) is 0 Å². The van der Waals surface area contributed by atoms with E-state index in [1.54, 1.807) is 19.1 Å². The molecule has 21 heavy (non-hydrogen) atoms. The Labute approximate surface area is 122 Å². The van der Waals surface area contributed by atoms with Crippen molar-refractivity contribution >= 4 is 5.82 Å². The average Bonchev–Trinajstić information content (AvgIpc) is 2.84. The molecule has 0 radical (unpaired) electrons. The van der Waals surface area contributed by atoms with Crippen LogP contribution in [0.15, 0.2) is 42.5 Å². The van der Waals surface area contributed by atoms with Crippen LogP contribution in [-0.2, 0) is 0 Å². The van der Waals surface area contributed by atoms with E-state index in [0.29, 0.717) is 11.4 Å². The van der Waals surface area contributed by atoms with Gasteiger partial charge in [0.15, 0.2) is 5.82 Å². The monoisotopic (exact) mass is 281 g/mol. The summed E-state index contributed by atoms with van der Waals surface area (Å²) in [5.41, 5.74) is 11.3. The zero-order valence-corrected chi connectivity index (χ0v) is 11.9. The molecular weight excluding hydrogens is 265 g/mol. The number of hydrogen-bond acceptors (Lipinski definition) is 2. The van der Waals surface area contributed by atoms with E-state index in [4.69, 9.17) is 5.73 Å². The molecule has 3 nitrogen and oxygen atoms in total. The molecule has 0 saturated heterocycles. The summed E-state index contributed by atoms with van der Waals surface area (Å²) in [5, 5.41) is 7.07. The lowest BCUT2D eigenvalue weighted by Gasteiger charge is -2.07. The highest BCUT2D eigenvalue weighted by molar-refractivity contribution is 5.88. The minimum absolute atomic E-state index is 0.219. The van der Waals surface area contributed by atoms with Crippen LogP contribution in [0.4, 0.5) is 10.2 Å². The maximum atomic E-state index is 13.4. The fourth-order valence-corrected chi connectivity index (χ4v) is 2.46. The van der Waals surface area contributed by atoms with Crippen molar-refractivity contribution in [3.05, 3.63) is 59.4 Å². The summed E-state index contributed by atoms with van der Waals surface area (Å²) in [6.45, 7) is 3.77. The molecule has 0 fully saturated rings. The second-order valence-corrected chi connectivity index (χ2v) is 5.19. The molecule has 0 aliphatic carbocycles. The van der Waals surface area contributed by atoms with Crippen LogP contribution in [0.1, 0.15) is 11.1 Å². The van der Waals surface area contributed by atoms with E-state index in [2.05, 4.69) is 16.3 Å². The molecule has 106 valence electrons. The Morgan fingerprint density at radius 3 is 2.57 bits per heavy atom. The van der Waals surface area contributed by atoms with Gasteiger partial charge < -0.3 is 5.73 Å². The Morgan fingerprint density at radius 1 is 1.05 bits per heavy atom. The van der Waals surface area contributed by atoms with Gasteiger partial charge in [0, 0.05) is 5.56 Å². The fourth-order valence-electron chi connectivity index (χ4n) is 2.46. The number of aromatic amines is 1. The van der Waals surface area contributed by atoms with Crippen LogP contribution in [0.2, 0.25) is 0 Å². The minimum atomic E-state index is -0.219. The molecule has 0 spiro atoms. The summed E-state index contributed by atoms with van der Waals surface area (Å²) >= 11 is 0. The maximum Gasteiger partial charge on any atom is 0.153 e. The molecule has 0 atom stereocenters. The maximum absolute atomic E-state index is 13.4. The van der Waals surface area contributed by atoms with Crippen molar-refractivity contribution in [1.82, 2.24) is 10.2 Å². The van der Waals surface area contributed by atoms with E-state index in [0.717, 1.165) is 27.9 Å². The van der Waals surface area contributed by atoms with Gasteiger partial charge in [-0.1, -0.05) is 29.8 Å². The predicted molar refractivity (Wildman–Crippen MR) is 83.3 cm³/mol. The smallest absolute Gasteiger partial charge is 0.153 e. The number of anilines is 1. The molecule has 0 aliphatic heterocycles. The number of nitrogens with one attached hydrogen (secondary N) is 1. The van der Waals surface area contributed by atoms with Crippen molar-refractivity contribution in [3.63, 3.8) is 0 Å². The second kappa shape index (κ2) is 5.05. The van der Waals surface area contributed by atoms with Crippen LogP contribution in [-0.4, -0.2) is 10.2 Å². The Kier molecular flexibility index (Phi) is 3.22. The second-order valence-electron chi connectivity index (χ2n) is 5.19. The van der Waals surface area contributed by atoms with Crippen LogP contribution < -0.4 is 5.73 Å². The molecule has 3 N–H and O–H groups in total. The van der Waals surface area contributed by atoms with Crippen molar-refractivity contribution in [2.45, 2.75) is 13.8 Å². The lowest BCUT2D eigenvalue weighted by Crippen LogP contribution is -1.90. The van der Waals surface area contributed by atoms with Gasteiger partial charge in [-0.3, -0.25) is 5.10 Å². The predicted octanol–water partition coefficient (Wildman–Crippen LogP) is 4.08. The number of hydrogen-bond donors (Lipinski definition) is 2. The van der Waals surface area contributed by atoms with Crippen LogP contribution in [0, 0.1) is 19.7 Å². The number of benzene rings is 2. The van der Waals surface area contributed by atoms with Crippen LogP contribution >= 0.6 is 0 Å². The van der Waals surface area contributed by atoms with Gasteiger partial charge in [0.2, 0.25) is 0 Å². The standard InChI is InChI=1S/C17H16FN3/c1-10-4-3-5-12(8-10)15-16(20-21-17(15)19)13-6-7-14(18)11(2)9-13/h3-9H,1-2H3,(H3,19,20,21). The molecule has 0 amide bonds. The third kappa shape index (κ3) is 2.40. The largest absolute Gasteiger partial charge is 0.382 e. The average molecular weight is 281 g/mol. The van der Waals surface area contributed by atoms with E-state index in [1.165, 1.54) is 6.07 Å². The number of nitrogen functional groups attached to an aromatic ring is 1. The third-order valence-corrected chi connectivity index (χ3v) is 3.55. The number of nitrogens with two attached hydrogens (primary N) is 1. The summed E-state index contributed by atoms with van der Waals surface area (Å²) < 4.78 is 13.4. The van der Waals surface area contributed by atoms with Crippen LogP contribution in [0.5, 0.6) is 0 Å². The summed E-state index contributed by atoms with van der Waals surface area (Å²) in [4.78, 5) is 0. The number of nitrogens with zero attached hydrogens (tertiary/aromatic N) is 1. The first-order chi connectivity index (χ1) is 10.1. The molecule has 0 saturated carbocycles. The summed E-state index contributed by atoms with van der Waals surface area (Å²) in [5.74, 6) is 0.223. The SMILES string of the molecule is Cc1cccc(-c2c(N)n[nH]c2-c2ccc(F)c(C)c2)c1. The molecular formula is C17H16FN3. The minimum Gasteiger partial charge on any atom is -0.382 e. The van der Waals surface area contributed by atoms with Gasteiger partial charge in [-0.25, -0.2) is 4.39 Å². The molecule has 3 aromatic rings. The highest BCUT2D eigenvalue weighted by Crippen LogP contribution is 2.35. The summed E-state index contributed by atoms with van der Waals surface area (Å²) in [6.07, 6.45) is 0. The van der Waals surface area contributed by atoms with Gasteiger partial charge in [0.05, 0.1) is 11.3 Å². The van der Waals surface area contributed by atoms with Crippen LogP contribution in [0.25, 0.3) is 22.4 Å². The molecule has 0 unspecified atom stereocenters. The zero-order valence-electron chi connectivity index (χ0n) is 11.9. The lowest BCUT2D eigenvalue weighted by molar-refractivity contribution is 0.619. The molecule has 1 heterocycles. The van der Waals surface area contributed by atoms with Gasteiger partial charge in [-0.2, -0.15) is 5.10 Å². The van der Waals surface area contributed by atoms with E-state index in [9.17, 15) is 4.39 Å². The quantitative estimate of drug-likeness (QED) is 0.743. The number of H-pyrrole nitrogens is 1. The Hall–Kier alpha value is -2.62. The highest BCUT2D eigenvalue weighted by Gasteiger charge is 2.15. The van der Waals surface area contributed by atoms with E-state index >= 15 is 0 Å². The van der Waals surface area contributed by atoms with Crippen molar-refractivity contribution in [3.8, 4) is 22.4 Å². The number of rotatable bonds is 2. The molecule has 4 heteroatoms. The Morgan fingerprint density at radius 2 is 1.86 bits per heavy atom. The van der Waals surface area contributed by atoms with Crippen LogP contribution in [0.3, 0.4) is 0 Å². The van der Waals surface area contributed by atoms with E-state index in [-0.39, 0.29) is 5.82 Å². The molecule has 3 rings (SSSR count). The molecule has 1 aromatic heterocycles.